The molecule has 0 radical (unpaired) electrons. The molecule has 0 spiro atoms. The van der Waals surface area contributed by atoms with Gasteiger partial charge in [-0.15, -0.1) is 0 Å². The number of benzene rings is 1. The topological polar surface area (TPSA) is 66.8 Å². The minimum atomic E-state index is -0.982. The standard InChI is InChI=1S/C11H14O4/c1-3-9(11(13)14)15-10-5-4-8(12)6-7(10)2/h4-6,9,12H,3H2,1-2H3,(H,13,14). The molecule has 0 heterocycles. The highest BCUT2D eigenvalue weighted by Gasteiger charge is 2.17. The van der Waals surface area contributed by atoms with Crippen molar-refractivity contribution in [1.82, 2.24) is 0 Å². The quantitative estimate of drug-likeness (QED) is 0.797. The number of phenols is 1. The number of hydrogen-bond acceptors (Lipinski definition) is 3. The number of ether oxygens (including phenoxy) is 1. The maximum atomic E-state index is 10.7. The third-order valence-electron chi connectivity index (χ3n) is 2.07. The number of aryl methyl sites for hydroxylation is 1. The highest BCUT2D eigenvalue weighted by atomic mass is 16.5. The monoisotopic (exact) mass is 210 g/mol. The lowest BCUT2D eigenvalue weighted by molar-refractivity contribution is -0.145. The van der Waals surface area contributed by atoms with Gasteiger partial charge in [0.05, 0.1) is 0 Å². The van der Waals surface area contributed by atoms with E-state index in [4.69, 9.17) is 14.9 Å². The molecule has 0 aliphatic rings. The van der Waals surface area contributed by atoms with Crippen LogP contribution in [0.25, 0.3) is 0 Å². The zero-order chi connectivity index (χ0) is 11.4. The van der Waals surface area contributed by atoms with Crippen molar-refractivity contribution in [2.45, 2.75) is 26.4 Å². The number of aromatic hydroxyl groups is 1. The van der Waals surface area contributed by atoms with E-state index in [2.05, 4.69) is 0 Å². The third kappa shape index (κ3) is 2.87. The average molecular weight is 210 g/mol. The van der Waals surface area contributed by atoms with Crippen molar-refractivity contribution in [2.75, 3.05) is 0 Å². The van der Waals surface area contributed by atoms with Gasteiger partial charge >= 0.3 is 5.97 Å². The number of carbonyl (C=O) groups is 1. The van der Waals surface area contributed by atoms with E-state index >= 15 is 0 Å². The maximum absolute atomic E-state index is 10.7. The molecule has 0 aliphatic carbocycles. The van der Waals surface area contributed by atoms with Gasteiger partial charge in [-0.25, -0.2) is 4.79 Å². The smallest absolute Gasteiger partial charge is 0.344 e. The number of phenolic OH excluding ortho intramolecular Hbond substituents is 1. The molecule has 82 valence electrons. The number of aliphatic carboxylic acids is 1. The number of hydrogen-bond donors (Lipinski definition) is 2. The van der Waals surface area contributed by atoms with Gasteiger partial charge in [0, 0.05) is 0 Å². The molecule has 2 N–H and O–H groups in total. The summed E-state index contributed by atoms with van der Waals surface area (Å²) in [5, 5.41) is 18.0. The van der Waals surface area contributed by atoms with Gasteiger partial charge in [0.25, 0.3) is 0 Å². The van der Waals surface area contributed by atoms with Crippen LogP contribution in [0.1, 0.15) is 18.9 Å². The Morgan fingerprint density at radius 2 is 2.20 bits per heavy atom. The molecule has 4 heteroatoms. The Balaban J connectivity index is 2.84. The molecule has 15 heavy (non-hydrogen) atoms. The Labute approximate surface area is 88.1 Å². The second-order valence-electron chi connectivity index (χ2n) is 3.30. The van der Waals surface area contributed by atoms with Crippen LogP contribution in [0.2, 0.25) is 0 Å². The van der Waals surface area contributed by atoms with E-state index < -0.39 is 12.1 Å². The first-order valence-electron chi connectivity index (χ1n) is 4.73. The number of carboxylic acid groups (broad SMARTS) is 1. The van der Waals surface area contributed by atoms with Gasteiger partial charge in [-0.2, -0.15) is 0 Å². The van der Waals surface area contributed by atoms with Gasteiger partial charge in [0.1, 0.15) is 11.5 Å². The van der Waals surface area contributed by atoms with Crippen molar-refractivity contribution in [2.24, 2.45) is 0 Å². The molecule has 0 amide bonds. The molecule has 0 saturated heterocycles. The first-order chi connectivity index (χ1) is 7.04. The molecular formula is C11H14O4. The van der Waals surface area contributed by atoms with Crippen molar-refractivity contribution in [3.8, 4) is 11.5 Å². The van der Waals surface area contributed by atoms with E-state index in [1.54, 1.807) is 19.9 Å². The van der Waals surface area contributed by atoms with Crippen LogP contribution in [0, 0.1) is 6.92 Å². The minimum absolute atomic E-state index is 0.142. The van der Waals surface area contributed by atoms with E-state index in [9.17, 15) is 4.79 Å². The Kier molecular flexibility index (Phi) is 3.55. The summed E-state index contributed by atoms with van der Waals surface area (Å²) in [6.07, 6.45) is -0.441. The first kappa shape index (κ1) is 11.4. The molecule has 1 aromatic rings. The van der Waals surface area contributed by atoms with Gasteiger partial charge in [-0.1, -0.05) is 6.92 Å². The Hall–Kier alpha value is -1.71. The van der Waals surface area contributed by atoms with Crippen LogP contribution in [-0.2, 0) is 4.79 Å². The summed E-state index contributed by atoms with van der Waals surface area (Å²) in [5.41, 5.74) is 0.717. The number of carboxylic acids is 1. The molecule has 1 atom stereocenters. The highest BCUT2D eigenvalue weighted by Crippen LogP contribution is 2.23. The highest BCUT2D eigenvalue weighted by molar-refractivity contribution is 5.72. The van der Waals surface area contributed by atoms with Crippen LogP contribution >= 0.6 is 0 Å². The van der Waals surface area contributed by atoms with Crippen LogP contribution in [0.3, 0.4) is 0 Å². The van der Waals surface area contributed by atoms with Crippen molar-refractivity contribution >= 4 is 5.97 Å². The predicted octanol–water partition coefficient (Wildman–Crippen LogP) is 1.94. The fourth-order valence-electron chi connectivity index (χ4n) is 1.23. The third-order valence-corrected chi connectivity index (χ3v) is 2.07. The van der Waals surface area contributed by atoms with Gasteiger partial charge < -0.3 is 14.9 Å². The molecule has 0 aliphatic heterocycles. The summed E-state index contributed by atoms with van der Waals surface area (Å²) in [7, 11) is 0. The molecule has 0 aromatic heterocycles. The second kappa shape index (κ2) is 4.68. The molecule has 0 saturated carbocycles. The Morgan fingerprint density at radius 1 is 1.53 bits per heavy atom. The molecular weight excluding hydrogens is 196 g/mol. The lowest BCUT2D eigenvalue weighted by Crippen LogP contribution is -2.26. The van der Waals surface area contributed by atoms with Crippen molar-refractivity contribution in [1.29, 1.82) is 0 Å². The van der Waals surface area contributed by atoms with Gasteiger partial charge in [0.15, 0.2) is 6.10 Å². The molecule has 1 rings (SSSR count). The van der Waals surface area contributed by atoms with Gasteiger partial charge in [-0.3, -0.25) is 0 Å². The Morgan fingerprint density at radius 3 is 2.67 bits per heavy atom. The summed E-state index contributed by atoms with van der Waals surface area (Å²) >= 11 is 0. The Bertz CT molecular complexity index is 360. The summed E-state index contributed by atoms with van der Waals surface area (Å²) < 4.78 is 5.30. The minimum Gasteiger partial charge on any atom is -0.508 e. The first-order valence-corrected chi connectivity index (χ1v) is 4.73. The fraction of sp³-hybridized carbons (Fsp3) is 0.364. The molecule has 1 unspecified atom stereocenters. The maximum Gasteiger partial charge on any atom is 0.344 e. The fourth-order valence-corrected chi connectivity index (χ4v) is 1.23. The van der Waals surface area contributed by atoms with E-state index in [1.807, 2.05) is 0 Å². The van der Waals surface area contributed by atoms with Crippen molar-refractivity contribution in [3.05, 3.63) is 23.8 Å². The molecule has 4 nitrogen and oxygen atoms in total. The normalized spacial score (nSPS) is 12.1. The zero-order valence-electron chi connectivity index (χ0n) is 8.73. The summed E-state index contributed by atoms with van der Waals surface area (Å²) in [5.74, 6) is -0.352. The zero-order valence-corrected chi connectivity index (χ0v) is 8.73. The predicted molar refractivity (Wildman–Crippen MR) is 55.2 cm³/mol. The largest absolute Gasteiger partial charge is 0.508 e. The van der Waals surface area contributed by atoms with Gasteiger partial charge in [0.2, 0.25) is 0 Å². The summed E-state index contributed by atoms with van der Waals surface area (Å²) in [6.45, 7) is 3.50. The molecule has 1 aromatic carbocycles. The van der Waals surface area contributed by atoms with Crippen LogP contribution in [0.5, 0.6) is 11.5 Å². The lowest BCUT2D eigenvalue weighted by atomic mass is 10.2. The second-order valence-corrected chi connectivity index (χ2v) is 3.30. The van der Waals surface area contributed by atoms with Crippen molar-refractivity contribution < 1.29 is 19.7 Å². The summed E-state index contributed by atoms with van der Waals surface area (Å²) in [4.78, 5) is 10.7. The SMILES string of the molecule is CCC(Oc1ccc(O)cc1C)C(=O)O. The van der Waals surface area contributed by atoms with Gasteiger partial charge in [-0.05, 0) is 37.1 Å². The van der Waals surface area contributed by atoms with Crippen LogP contribution in [0.4, 0.5) is 0 Å². The van der Waals surface area contributed by atoms with Crippen molar-refractivity contribution in [3.63, 3.8) is 0 Å². The van der Waals surface area contributed by atoms with Crippen LogP contribution < -0.4 is 4.74 Å². The van der Waals surface area contributed by atoms with E-state index in [0.717, 1.165) is 5.56 Å². The van der Waals surface area contributed by atoms with Crippen LogP contribution in [0.15, 0.2) is 18.2 Å². The molecule has 0 bridgehead atoms. The summed E-state index contributed by atoms with van der Waals surface area (Å²) in [6, 6.07) is 4.57. The average Bonchev–Trinajstić information content (AvgIpc) is 2.16. The van der Waals surface area contributed by atoms with E-state index in [0.29, 0.717) is 12.2 Å². The lowest BCUT2D eigenvalue weighted by Gasteiger charge is -2.14. The van der Waals surface area contributed by atoms with E-state index in [-0.39, 0.29) is 5.75 Å². The molecule has 0 fully saturated rings. The number of rotatable bonds is 4. The van der Waals surface area contributed by atoms with E-state index in [1.165, 1.54) is 12.1 Å². The van der Waals surface area contributed by atoms with Crippen LogP contribution in [-0.4, -0.2) is 22.3 Å².